The lowest BCUT2D eigenvalue weighted by Gasteiger charge is -2.46. The van der Waals surface area contributed by atoms with Gasteiger partial charge in [0.15, 0.2) is 0 Å². The van der Waals surface area contributed by atoms with E-state index in [0.29, 0.717) is 6.04 Å². The third-order valence-electron chi connectivity index (χ3n) is 3.31. The Morgan fingerprint density at radius 1 is 1.36 bits per heavy atom. The summed E-state index contributed by atoms with van der Waals surface area (Å²) in [4.78, 5) is 10.5. The lowest BCUT2D eigenvalue weighted by molar-refractivity contribution is 0.197. The third kappa shape index (κ3) is 1.26. The fourth-order valence-electron chi connectivity index (χ4n) is 2.31. The van der Waals surface area contributed by atoms with E-state index in [2.05, 4.69) is 20.2 Å². The van der Waals surface area contributed by atoms with Crippen LogP contribution in [0, 0.1) is 5.92 Å². The summed E-state index contributed by atoms with van der Waals surface area (Å²) in [5.74, 6) is 0.913. The quantitative estimate of drug-likeness (QED) is 0.690. The fraction of sp³-hybridized carbons (Fsp3) is 0.600. The Bertz CT molecular complexity index is 313. The Morgan fingerprint density at radius 3 is 2.86 bits per heavy atom. The van der Waals surface area contributed by atoms with Gasteiger partial charge in [0.1, 0.15) is 6.33 Å². The second-order valence-electron chi connectivity index (χ2n) is 4.11. The molecule has 2 saturated heterocycles. The maximum atomic E-state index is 4.05. The molecular formula is C10H14N4. The standard InChI is InChI=1S/C10H14N4/c1-2-14(6-10-8(1)3-13-10)9-4-11-7-12-5-9/h4-5,7-8,10,13H,1-3,6H2/t8-,10-/m0/s1. The van der Waals surface area contributed by atoms with Gasteiger partial charge >= 0.3 is 0 Å². The highest BCUT2D eigenvalue weighted by atomic mass is 15.2. The SMILES string of the molecule is c1ncc(N2CC[C@H]3CN[C@H]3C2)cn1. The minimum atomic E-state index is 0.698. The van der Waals surface area contributed by atoms with Gasteiger partial charge in [-0.2, -0.15) is 0 Å². The van der Waals surface area contributed by atoms with Crippen LogP contribution in [0.3, 0.4) is 0 Å². The van der Waals surface area contributed by atoms with Crippen molar-refractivity contribution in [3.05, 3.63) is 18.7 Å². The van der Waals surface area contributed by atoms with Crippen molar-refractivity contribution in [2.24, 2.45) is 5.92 Å². The van der Waals surface area contributed by atoms with E-state index < -0.39 is 0 Å². The minimum Gasteiger partial charge on any atom is -0.367 e. The first-order chi connectivity index (χ1) is 6.93. The molecule has 4 heteroatoms. The fourth-order valence-corrected chi connectivity index (χ4v) is 2.31. The highest BCUT2D eigenvalue weighted by Gasteiger charge is 2.35. The van der Waals surface area contributed by atoms with E-state index in [1.807, 2.05) is 12.4 Å². The topological polar surface area (TPSA) is 41.1 Å². The van der Waals surface area contributed by atoms with Crippen LogP contribution in [-0.4, -0.2) is 35.6 Å². The number of aromatic nitrogens is 2. The first-order valence-electron chi connectivity index (χ1n) is 5.17. The van der Waals surface area contributed by atoms with Gasteiger partial charge in [0.05, 0.1) is 18.1 Å². The van der Waals surface area contributed by atoms with Crippen molar-refractivity contribution in [1.29, 1.82) is 0 Å². The Labute approximate surface area is 83.4 Å². The summed E-state index contributed by atoms with van der Waals surface area (Å²) in [6, 6.07) is 0.698. The van der Waals surface area contributed by atoms with Gasteiger partial charge in [-0.1, -0.05) is 0 Å². The summed E-state index contributed by atoms with van der Waals surface area (Å²) in [5.41, 5.74) is 1.15. The molecule has 1 aromatic heterocycles. The molecule has 0 unspecified atom stereocenters. The summed E-state index contributed by atoms with van der Waals surface area (Å²) < 4.78 is 0. The monoisotopic (exact) mass is 190 g/mol. The van der Waals surface area contributed by atoms with Crippen LogP contribution in [0.25, 0.3) is 0 Å². The van der Waals surface area contributed by atoms with Gasteiger partial charge in [-0.3, -0.25) is 0 Å². The molecule has 0 amide bonds. The van der Waals surface area contributed by atoms with Crippen molar-refractivity contribution in [3.63, 3.8) is 0 Å². The van der Waals surface area contributed by atoms with Gasteiger partial charge in [-0.05, 0) is 18.9 Å². The number of nitrogens with one attached hydrogen (secondary N) is 1. The highest BCUT2D eigenvalue weighted by molar-refractivity contribution is 5.42. The number of nitrogens with zero attached hydrogens (tertiary/aromatic N) is 3. The van der Waals surface area contributed by atoms with Crippen molar-refractivity contribution in [2.45, 2.75) is 12.5 Å². The Morgan fingerprint density at radius 2 is 2.21 bits per heavy atom. The van der Waals surface area contributed by atoms with Crippen LogP contribution in [0.5, 0.6) is 0 Å². The molecule has 0 saturated carbocycles. The van der Waals surface area contributed by atoms with E-state index in [1.54, 1.807) is 6.33 Å². The Balaban J connectivity index is 1.74. The summed E-state index contributed by atoms with van der Waals surface area (Å²) in [6.45, 7) is 3.47. The average Bonchev–Trinajstić information content (AvgIpc) is 2.21. The molecule has 1 N–H and O–H groups in total. The van der Waals surface area contributed by atoms with Crippen LogP contribution in [0.2, 0.25) is 0 Å². The van der Waals surface area contributed by atoms with E-state index in [0.717, 1.165) is 24.7 Å². The first-order valence-corrected chi connectivity index (χ1v) is 5.17. The van der Waals surface area contributed by atoms with Gasteiger partial charge in [0.25, 0.3) is 0 Å². The van der Waals surface area contributed by atoms with Crippen molar-refractivity contribution in [1.82, 2.24) is 15.3 Å². The van der Waals surface area contributed by atoms with Gasteiger partial charge in [0.2, 0.25) is 0 Å². The van der Waals surface area contributed by atoms with E-state index in [-0.39, 0.29) is 0 Å². The Kier molecular flexibility index (Phi) is 1.87. The first kappa shape index (κ1) is 8.17. The zero-order valence-electron chi connectivity index (χ0n) is 8.06. The van der Waals surface area contributed by atoms with Crippen molar-refractivity contribution < 1.29 is 0 Å². The number of hydrogen-bond donors (Lipinski definition) is 1. The summed E-state index contributed by atoms with van der Waals surface area (Å²) in [5, 5.41) is 3.46. The molecule has 2 atom stereocenters. The van der Waals surface area contributed by atoms with Crippen LogP contribution in [0.4, 0.5) is 5.69 Å². The number of hydrogen-bond acceptors (Lipinski definition) is 4. The van der Waals surface area contributed by atoms with Crippen molar-refractivity contribution >= 4 is 5.69 Å². The lowest BCUT2D eigenvalue weighted by atomic mass is 9.85. The lowest BCUT2D eigenvalue weighted by Crippen LogP contribution is -2.62. The molecule has 1 aromatic rings. The zero-order valence-corrected chi connectivity index (χ0v) is 8.06. The highest BCUT2D eigenvalue weighted by Crippen LogP contribution is 2.26. The average molecular weight is 190 g/mol. The van der Waals surface area contributed by atoms with Gasteiger partial charge < -0.3 is 10.2 Å². The summed E-state index contributed by atoms with van der Waals surface area (Å²) >= 11 is 0. The number of rotatable bonds is 1. The molecule has 0 aliphatic carbocycles. The maximum absolute atomic E-state index is 4.05. The van der Waals surface area contributed by atoms with Gasteiger partial charge in [0, 0.05) is 19.1 Å². The largest absolute Gasteiger partial charge is 0.367 e. The molecule has 0 bridgehead atoms. The molecular weight excluding hydrogens is 176 g/mol. The molecule has 0 aromatic carbocycles. The van der Waals surface area contributed by atoms with Crippen LogP contribution in [0.1, 0.15) is 6.42 Å². The third-order valence-corrected chi connectivity index (χ3v) is 3.31. The summed E-state index contributed by atoms with van der Waals surface area (Å²) in [7, 11) is 0. The van der Waals surface area contributed by atoms with Crippen molar-refractivity contribution in [2.75, 3.05) is 24.5 Å². The number of fused-ring (bicyclic) bond motifs is 1. The number of piperidine rings is 1. The van der Waals surface area contributed by atoms with E-state index in [4.69, 9.17) is 0 Å². The predicted molar refractivity (Wildman–Crippen MR) is 54.1 cm³/mol. The maximum Gasteiger partial charge on any atom is 0.115 e. The Hall–Kier alpha value is -1.16. The van der Waals surface area contributed by atoms with Gasteiger partial charge in [-0.15, -0.1) is 0 Å². The van der Waals surface area contributed by atoms with E-state index in [1.165, 1.54) is 13.0 Å². The molecule has 2 aliphatic heterocycles. The summed E-state index contributed by atoms with van der Waals surface area (Å²) in [6.07, 6.45) is 6.67. The molecule has 14 heavy (non-hydrogen) atoms. The molecule has 4 nitrogen and oxygen atoms in total. The van der Waals surface area contributed by atoms with Crippen LogP contribution >= 0.6 is 0 Å². The predicted octanol–water partition coefficient (Wildman–Crippen LogP) is 0.275. The van der Waals surface area contributed by atoms with E-state index in [9.17, 15) is 0 Å². The normalized spacial score (nSPS) is 30.7. The van der Waals surface area contributed by atoms with Crippen LogP contribution < -0.4 is 10.2 Å². The zero-order chi connectivity index (χ0) is 9.38. The molecule has 2 aliphatic rings. The van der Waals surface area contributed by atoms with Crippen LogP contribution in [0.15, 0.2) is 18.7 Å². The molecule has 3 rings (SSSR count). The molecule has 74 valence electrons. The molecule has 2 fully saturated rings. The number of anilines is 1. The molecule has 0 radical (unpaired) electrons. The molecule has 0 spiro atoms. The van der Waals surface area contributed by atoms with E-state index >= 15 is 0 Å². The smallest absolute Gasteiger partial charge is 0.115 e. The molecule has 3 heterocycles. The second kappa shape index (κ2) is 3.20. The second-order valence-corrected chi connectivity index (χ2v) is 4.11. The minimum absolute atomic E-state index is 0.698. The van der Waals surface area contributed by atoms with Crippen molar-refractivity contribution in [3.8, 4) is 0 Å². The van der Waals surface area contributed by atoms with Gasteiger partial charge in [-0.25, -0.2) is 9.97 Å². The van der Waals surface area contributed by atoms with Crippen LogP contribution in [-0.2, 0) is 0 Å².